The van der Waals surface area contributed by atoms with Gasteiger partial charge < -0.3 is 15.0 Å². The molecule has 4 nitrogen and oxygen atoms in total. The summed E-state index contributed by atoms with van der Waals surface area (Å²) < 4.78 is -0.481. The molecule has 1 N–H and O–H groups in total. The minimum Gasteiger partial charge on any atom is -0.632 e. The van der Waals surface area contributed by atoms with Crippen LogP contribution in [-0.4, -0.2) is 27.3 Å². The van der Waals surface area contributed by atoms with Crippen LogP contribution in [0.4, 0.5) is 0 Å². The van der Waals surface area contributed by atoms with Crippen molar-refractivity contribution in [3.05, 3.63) is 119 Å². The van der Waals surface area contributed by atoms with Gasteiger partial charge in [-0.15, -0.1) is 0 Å². The van der Waals surface area contributed by atoms with Crippen molar-refractivity contribution in [3.63, 3.8) is 0 Å². The van der Waals surface area contributed by atoms with Crippen molar-refractivity contribution in [3.8, 4) is 0 Å². The fourth-order valence-electron chi connectivity index (χ4n) is 5.09. The minimum atomic E-state index is -1.36. The van der Waals surface area contributed by atoms with Gasteiger partial charge in [-0.2, -0.15) is 0 Å². The maximum atomic E-state index is 14.3. The zero-order valence-electron chi connectivity index (χ0n) is 17.4. The summed E-state index contributed by atoms with van der Waals surface area (Å²) in [6.45, 7) is 0.721. The molecular formula is C27H26N2O2. The van der Waals surface area contributed by atoms with E-state index in [1.165, 1.54) is 0 Å². The average molecular weight is 411 g/mol. The Morgan fingerprint density at radius 2 is 1.45 bits per heavy atom. The van der Waals surface area contributed by atoms with Gasteiger partial charge >= 0.3 is 0 Å². The summed E-state index contributed by atoms with van der Waals surface area (Å²) in [4.78, 5) is 4.75. The van der Waals surface area contributed by atoms with E-state index in [0.29, 0.717) is 13.0 Å². The van der Waals surface area contributed by atoms with Gasteiger partial charge in [-0.3, -0.25) is 0 Å². The van der Waals surface area contributed by atoms with Crippen molar-refractivity contribution in [1.29, 1.82) is 0 Å². The summed E-state index contributed by atoms with van der Waals surface area (Å²) in [7, 11) is 0. The third-order valence-corrected chi connectivity index (χ3v) is 6.58. The van der Waals surface area contributed by atoms with Crippen LogP contribution in [0.5, 0.6) is 0 Å². The molecule has 1 aliphatic rings. The number of hydroxylamine groups is 3. The maximum Gasteiger partial charge on any atom is 0.167 e. The normalized spacial score (nSPS) is 21.4. The molecule has 0 spiro atoms. The lowest BCUT2D eigenvalue weighted by Crippen LogP contribution is -2.56. The van der Waals surface area contributed by atoms with Gasteiger partial charge in [0.15, 0.2) is 5.60 Å². The fourth-order valence-corrected chi connectivity index (χ4v) is 5.09. The molecular weight excluding hydrogens is 384 g/mol. The number of likely N-dealkylation sites (tertiary alicyclic amines) is 1. The number of nitrogens with zero attached hydrogens (tertiary/aromatic N) is 2. The van der Waals surface area contributed by atoms with Gasteiger partial charge in [-0.05, 0) is 23.3 Å². The van der Waals surface area contributed by atoms with Gasteiger partial charge in [-0.1, -0.05) is 84.9 Å². The first kappa shape index (κ1) is 19.9. The Bertz CT molecular complexity index is 1140. The molecule has 0 radical (unpaired) electrons. The highest BCUT2D eigenvalue weighted by Gasteiger charge is 2.51. The van der Waals surface area contributed by atoms with Crippen molar-refractivity contribution in [2.75, 3.05) is 6.54 Å². The second-order valence-electron chi connectivity index (χ2n) is 8.49. The highest BCUT2D eigenvalue weighted by molar-refractivity contribution is 5.78. The molecule has 1 aliphatic heterocycles. The van der Waals surface area contributed by atoms with Crippen LogP contribution < -0.4 is 0 Å². The predicted molar refractivity (Wildman–Crippen MR) is 123 cm³/mol. The number of hydrogen-bond donors (Lipinski definition) is 1. The Balaban J connectivity index is 1.57. The molecule has 4 aromatic rings. The molecule has 156 valence electrons. The number of para-hydroxylation sites is 1. The summed E-state index contributed by atoms with van der Waals surface area (Å²) in [5.41, 5.74) is 1.82. The first-order chi connectivity index (χ1) is 15.1. The van der Waals surface area contributed by atoms with Crippen LogP contribution in [0.2, 0.25) is 0 Å². The third-order valence-electron chi connectivity index (χ3n) is 6.58. The average Bonchev–Trinajstić information content (AvgIpc) is 3.21. The zero-order chi connectivity index (χ0) is 21.3. The molecule has 0 aliphatic carbocycles. The van der Waals surface area contributed by atoms with Crippen molar-refractivity contribution < 1.29 is 9.75 Å². The quantitative estimate of drug-likeness (QED) is 0.366. The minimum absolute atomic E-state index is 0.247. The van der Waals surface area contributed by atoms with Crippen LogP contribution in [0.3, 0.4) is 0 Å². The standard InChI is InChI=1S/C27H26N2O2/c30-27(22-11-3-1-4-12-22,23-13-5-2-6-14-23)26-16-9-19-29(26,31)20-24-18-17-21-10-7-8-15-25(21)28-24/h1-8,10-15,17-18,26,30H,9,16,19-20H2/t26-,29+/m0/s1. The lowest BCUT2D eigenvalue weighted by atomic mass is 9.79. The molecule has 3 aromatic carbocycles. The molecule has 2 heterocycles. The molecule has 0 saturated carbocycles. The number of aliphatic hydroxyl groups is 1. The lowest BCUT2D eigenvalue weighted by Gasteiger charge is -2.50. The summed E-state index contributed by atoms with van der Waals surface area (Å²) in [5.74, 6) is 0. The molecule has 31 heavy (non-hydrogen) atoms. The molecule has 5 rings (SSSR count). The lowest BCUT2D eigenvalue weighted by molar-refractivity contribution is -0.913. The SMILES string of the molecule is [O-][N@@+]1(Cc2ccc3ccccc3n2)CCC[C@H]1C(O)(c1ccccc1)c1ccccc1. The van der Waals surface area contributed by atoms with Gasteiger partial charge in [0.05, 0.1) is 17.8 Å². The van der Waals surface area contributed by atoms with Crippen LogP contribution in [0.15, 0.2) is 97.1 Å². The number of hydrogen-bond acceptors (Lipinski definition) is 3. The Kier molecular flexibility index (Phi) is 5.06. The molecule has 1 aromatic heterocycles. The number of rotatable bonds is 5. The number of pyridine rings is 1. The van der Waals surface area contributed by atoms with E-state index in [1.807, 2.05) is 97.1 Å². The largest absolute Gasteiger partial charge is 0.632 e. The monoisotopic (exact) mass is 410 g/mol. The van der Waals surface area contributed by atoms with E-state index in [9.17, 15) is 10.3 Å². The molecule has 0 unspecified atom stereocenters. The first-order valence-corrected chi connectivity index (χ1v) is 10.9. The number of benzene rings is 3. The first-order valence-electron chi connectivity index (χ1n) is 10.9. The van der Waals surface area contributed by atoms with E-state index in [4.69, 9.17) is 4.98 Å². The van der Waals surface area contributed by atoms with Crippen LogP contribution in [0.25, 0.3) is 10.9 Å². The van der Waals surface area contributed by atoms with Crippen molar-refractivity contribution in [2.24, 2.45) is 0 Å². The highest BCUT2D eigenvalue weighted by atomic mass is 16.6. The van der Waals surface area contributed by atoms with E-state index in [0.717, 1.165) is 34.1 Å². The fraction of sp³-hybridized carbons (Fsp3) is 0.222. The topological polar surface area (TPSA) is 56.2 Å². The number of quaternary nitrogens is 1. The van der Waals surface area contributed by atoms with Crippen molar-refractivity contribution in [1.82, 2.24) is 4.98 Å². The summed E-state index contributed by atoms with van der Waals surface area (Å²) in [6.07, 6.45) is 1.45. The highest BCUT2D eigenvalue weighted by Crippen LogP contribution is 2.44. The Morgan fingerprint density at radius 3 is 2.13 bits per heavy atom. The van der Waals surface area contributed by atoms with E-state index in [1.54, 1.807) is 0 Å². The Labute approximate surface area is 182 Å². The molecule has 0 amide bonds. The second-order valence-corrected chi connectivity index (χ2v) is 8.49. The van der Waals surface area contributed by atoms with Gasteiger partial charge in [0.25, 0.3) is 0 Å². The Hall–Kier alpha value is -3.05. The summed E-state index contributed by atoms with van der Waals surface area (Å²) in [6, 6.07) is 30.6. The predicted octanol–water partition coefficient (Wildman–Crippen LogP) is 5.15. The van der Waals surface area contributed by atoms with Gasteiger partial charge in [0, 0.05) is 18.2 Å². The summed E-state index contributed by atoms with van der Waals surface area (Å²) in [5, 5.41) is 27.5. The van der Waals surface area contributed by atoms with E-state index in [2.05, 4.69) is 0 Å². The Morgan fingerprint density at radius 1 is 0.839 bits per heavy atom. The third kappa shape index (κ3) is 3.53. The van der Waals surface area contributed by atoms with Crippen LogP contribution in [0.1, 0.15) is 29.7 Å². The van der Waals surface area contributed by atoms with E-state index in [-0.39, 0.29) is 6.54 Å². The number of fused-ring (bicyclic) bond motifs is 1. The van der Waals surface area contributed by atoms with Crippen LogP contribution in [-0.2, 0) is 12.1 Å². The van der Waals surface area contributed by atoms with Crippen molar-refractivity contribution in [2.45, 2.75) is 31.0 Å². The van der Waals surface area contributed by atoms with Crippen LogP contribution in [0, 0.1) is 5.21 Å². The number of aromatic nitrogens is 1. The van der Waals surface area contributed by atoms with Gasteiger partial charge in [0.2, 0.25) is 0 Å². The second kappa shape index (κ2) is 7.89. The smallest absolute Gasteiger partial charge is 0.167 e. The molecule has 1 saturated heterocycles. The van der Waals surface area contributed by atoms with Gasteiger partial charge in [0.1, 0.15) is 12.6 Å². The van der Waals surface area contributed by atoms with Gasteiger partial charge in [-0.25, -0.2) is 4.98 Å². The molecule has 4 heteroatoms. The maximum absolute atomic E-state index is 14.3. The molecule has 0 bridgehead atoms. The molecule has 1 fully saturated rings. The van der Waals surface area contributed by atoms with Crippen LogP contribution >= 0.6 is 0 Å². The molecule has 2 atom stereocenters. The van der Waals surface area contributed by atoms with Crippen molar-refractivity contribution >= 4 is 10.9 Å². The van der Waals surface area contributed by atoms with E-state index < -0.39 is 16.3 Å². The summed E-state index contributed by atoms with van der Waals surface area (Å²) >= 11 is 0. The zero-order valence-corrected chi connectivity index (χ0v) is 17.4. The van der Waals surface area contributed by atoms with E-state index >= 15 is 0 Å².